The van der Waals surface area contributed by atoms with Crippen LogP contribution in [0.3, 0.4) is 0 Å². The van der Waals surface area contributed by atoms with Gasteiger partial charge in [0.1, 0.15) is 5.54 Å². The zero-order valence-corrected chi connectivity index (χ0v) is 12.1. The van der Waals surface area contributed by atoms with Crippen LogP contribution in [-0.2, 0) is 0 Å². The molecule has 1 aliphatic rings. The lowest BCUT2D eigenvalue weighted by molar-refractivity contribution is 0.0911. The summed E-state index contributed by atoms with van der Waals surface area (Å²) < 4.78 is 0. The van der Waals surface area contributed by atoms with Crippen molar-refractivity contribution in [1.82, 2.24) is 15.5 Å². The first-order valence-electron chi connectivity index (χ1n) is 7.11. The Morgan fingerprint density at radius 1 is 1.25 bits per heavy atom. The topological polar surface area (TPSA) is 78.7 Å². The molecule has 1 saturated carbocycles. The van der Waals surface area contributed by atoms with E-state index in [9.17, 15) is 10.1 Å². The van der Waals surface area contributed by atoms with Crippen LogP contribution in [0.15, 0.2) is 6.07 Å². The summed E-state index contributed by atoms with van der Waals surface area (Å²) in [5.74, 6) is -0.219. The minimum Gasteiger partial charge on any atom is -0.334 e. The van der Waals surface area contributed by atoms with Gasteiger partial charge in [-0.2, -0.15) is 15.5 Å². The van der Waals surface area contributed by atoms with Gasteiger partial charge in [-0.05, 0) is 32.8 Å². The first-order chi connectivity index (χ1) is 9.56. The van der Waals surface area contributed by atoms with Crippen LogP contribution in [-0.4, -0.2) is 21.6 Å². The lowest BCUT2D eigenvalue weighted by Crippen LogP contribution is -2.47. The molecule has 1 N–H and O–H groups in total. The second kappa shape index (κ2) is 6.00. The third-order valence-electron chi connectivity index (χ3n) is 3.87. The van der Waals surface area contributed by atoms with Crippen molar-refractivity contribution in [1.29, 1.82) is 5.26 Å². The molecule has 5 heteroatoms. The van der Waals surface area contributed by atoms with E-state index in [-0.39, 0.29) is 5.91 Å². The van der Waals surface area contributed by atoms with E-state index < -0.39 is 5.54 Å². The lowest BCUT2D eigenvalue weighted by Gasteiger charge is -2.26. The maximum atomic E-state index is 12.4. The monoisotopic (exact) mass is 272 g/mol. The Bertz CT molecular complexity index is 539. The SMILES string of the molecule is Cc1cc(C(=O)NC2(C#N)CCCCCC2)c(C)nn1. The summed E-state index contributed by atoms with van der Waals surface area (Å²) in [6.45, 7) is 3.56. The van der Waals surface area contributed by atoms with E-state index in [0.29, 0.717) is 17.0 Å². The Hall–Kier alpha value is -1.96. The van der Waals surface area contributed by atoms with Crippen LogP contribution < -0.4 is 5.32 Å². The number of aryl methyl sites for hydroxylation is 2. The molecule has 0 bridgehead atoms. The Labute approximate surface area is 119 Å². The summed E-state index contributed by atoms with van der Waals surface area (Å²) in [5, 5.41) is 20.3. The Morgan fingerprint density at radius 2 is 1.90 bits per heavy atom. The molecular formula is C15H20N4O. The predicted molar refractivity (Wildman–Crippen MR) is 75.0 cm³/mol. The van der Waals surface area contributed by atoms with Crippen molar-refractivity contribution < 1.29 is 4.79 Å². The smallest absolute Gasteiger partial charge is 0.254 e. The summed E-state index contributed by atoms with van der Waals surface area (Å²) in [4.78, 5) is 12.4. The molecule has 20 heavy (non-hydrogen) atoms. The molecule has 5 nitrogen and oxygen atoms in total. The maximum absolute atomic E-state index is 12.4. The quantitative estimate of drug-likeness (QED) is 0.839. The van der Waals surface area contributed by atoms with E-state index in [1.54, 1.807) is 19.9 Å². The van der Waals surface area contributed by atoms with E-state index in [4.69, 9.17) is 0 Å². The Balaban J connectivity index is 2.21. The van der Waals surface area contributed by atoms with Crippen molar-refractivity contribution in [3.8, 4) is 6.07 Å². The van der Waals surface area contributed by atoms with E-state index in [1.165, 1.54) is 0 Å². The zero-order valence-electron chi connectivity index (χ0n) is 12.1. The van der Waals surface area contributed by atoms with Crippen molar-refractivity contribution in [3.63, 3.8) is 0 Å². The van der Waals surface area contributed by atoms with Gasteiger partial charge in [0.25, 0.3) is 5.91 Å². The van der Waals surface area contributed by atoms with E-state index in [2.05, 4.69) is 21.6 Å². The number of amides is 1. The van der Waals surface area contributed by atoms with Crippen LogP contribution in [0.2, 0.25) is 0 Å². The molecule has 2 rings (SSSR count). The second-order valence-electron chi connectivity index (χ2n) is 5.55. The number of nitriles is 1. The molecule has 1 aliphatic carbocycles. The van der Waals surface area contributed by atoms with Gasteiger partial charge in [-0.25, -0.2) is 0 Å². The molecule has 0 aromatic carbocycles. The van der Waals surface area contributed by atoms with Crippen LogP contribution in [0.5, 0.6) is 0 Å². The van der Waals surface area contributed by atoms with E-state index in [1.807, 2.05) is 0 Å². The molecule has 1 aromatic heterocycles. The number of nitrogens with zero attached hydrogens (tertiary/aromatic N) is 3. The number of nitrogens with one attached hydrogen (secondary N) is 1. The van der Waals surface area contributed by atoms with Crippen LogP contribution in [0, 0.1) is 25.2 Å². The Kier molecular flexibility index (Phi) is 4.33. The van der Waals surface area contributed by atoms with Gasteiger partial charge in [0.05, 0.1) is 23.0 Å². The minimum atomic E-state index is -0.725. The van der Waals surface area contributed by atoms with Gasteiger partial charge in [0.2, 0.25) is 0 Å². The fraction of sp³-hybridized carbons (Fsp3) is 0.600. The first kappa shape index (κ1) is 14.4. The van der Waals surface area contributed by atoms with Crippen LogP contribution in [0.25, 0.3) is 0 Å². The van der Waals surface area contributed by atoms with Crippen LogP contribution >= 0.6 is 0 Å². The van der Waals surface area contributed by atoms with Gasteiger partial charge in [-0.1, -0.05) is 25.7 Å². The summed E-state index contributed by atoms with van der Waals surface area (Å²) in [7, 11) is 0. The van der Waals surface area contributed by atoms with Gasteiger partial charge in [0, 0.05) is 0 Å². The number of hydrogen-bond donors (Lipinski definition) is 1. The predicted octanol–water partition coefficient (Wildman–Crippen LogP) is 2.44. The van der Waals surface area contributed by atoms with Gasteiger partial charge >= 0.3 is 0 Å². The van der Waals surface area contributed by atoms with E-state index >= 15 is 0 Å². The molecule has 1 aromatic rings. The highest BCUT2D eigenvalue weighted by Gasteiger charge is 2.33. The molecule has 1 fully saturated rings. The molecule has 1 heterocycles. The third kappa shape index (κ3) is 3.13. The third-order valence-corrected chi connectivity index (χ3v) is 3.87. The number of aromatic nitrogens is 2. The first-order valence-corrected chi connectivity index (χ1v) is 7.11. The van der Waals surface area contributed by atoms with Gasteiger partial charge < -0.3 is 5.32 Å². The lowest BCUT2D eigenvalue weighted by atomic mass is 9.91. The molecule has 0 saturated heterocycles. The normalized spacial score (nSPS) is 17.9. The number of carbonyl (C=O) groups excluding carboxylic acids is 1. The summed E-state index contributed by atoms with van der Waals surface area (Å²) in [5.41, 5.74) is 1.08. The van der Waals surface area contributed by atoms with Crippen molar-refractivity contribution in [2.45, 2.75) is 57.9 Å². The summed E-state index contributed by atoms with van der Waals surface area (Å²) >= 11 is 0. The molecule has 0 atom stereocenters. The van der Waals surface area contributed by atoms with Crippen molar-refractivity contribution in [2.24, 2.45) is 0 Å². The highest BCUT2D eigenvalue weighted by molar-refractivity contribution is 5.96. The standard InChI is InChI=1S/C15H20N4O/c1-11-9-13(12(2)19-18-11)14(20)17-15(10-16)7-5-3-4-6-8-15/h9H,3-8H2,1-2H3,(H,17,20). The van der Waals surface area contributed by atoms with Crippen molar-refractivity contribution in [3.05, 3.63) is 23.0 Å². The number of hydrogen-bond acceptors (Lipinski definition) is 4. The highest BCUT2D eigenvalue weighted by Crippen LogP contribution is 2.27. The fourth-order valence-corrected chi connectivity index (χ4v) is 2.66. The number of rotatable bonds is 2. The summed E-state index contributed by atoms with van der Waals surface area (Å²) in [6, 6.07) is 4.05. The van der Waals surface area contributed by atoms with E-state index in [0.717, 1.165) is 38.5 Å². The molecule has 0 aliphatic heterocycles. The fourth-order valence-electron chi connectivity index (χ4n) is 2.66. The van der Waals surface area contributed by atoms with Gasteiger partial charge in [0.15, 0.2) is 0 Å². The van der Waals surface area contributed by atoms with Crippen LogP contribution in [0.4, 0.5) is 0 Å². The van der Waals surface area contributed by atoms with Gasteiger partial charge in [-0.15, -0.1) is 0 Å². The molecule has 0 spiro atoms. The molecule has 0 radical (unpaired) electrons. The van der Waals surface area contributed by atoms with Gasteiger partial charge in [-0.3, -0.25) is 4.79 Å². The van der Waals surface area contributed by atoms with Crippen LogP contribution in [0.1, 0.15) is 60.3 Å². The molecular weight excluding hydrogens is 252 g/mol. The largest absolute Gasteiger partial charge is 0.334 e. The van der Waals surface area contributed by atoms with Crippen molar-refractivity contribution in [2.75, 3.05) is 0 Å². The highest BCUT2D eigenvalue weighted by atomic mass is 16.1. The van der Waals surface area contributed by atoms with Crippen molar-refractivity contribution >= 4 is 5.91 Å². The molecule has 1 amide bonds. The average molecular weight is 272 g/mol. The summed E-state index contributed by atoms with van der Waals surface area (Å²) in [6.07, 6.45) is 5.70. The number of carbonyl (C=O) groups is 1. The zero-order chi connectivity index (χ0) is 14.6. The average Bonchev–Trinajstić information content (AvgIpc) is 2.67. The second-order valence-corrected chi connectivity index (χ2v) is 5.55. The minimum absolute atomic E-state index is 0.219. The molecule has 106 valence electrons. The maximum Gasteiger partial charge on any atom is 0.254 e. The Morgan fingerprint density at radius 3 is 2.50 bits per heavy atom. The molecule has 0 unspecified atom stereocenters.